The van der Waals surface area contributed by atoms with Crippen molar-refractivity contribution in [1.29, 1.82) is 0 Å². The summed E-state index contributed by atoms with van der Waals surface area (Å²) in [5.41, 5.74) is 0. The van der Waals surface area contributed by atoms with E-state index in [9.17, 15) is 0 Å². The van der Waals surface area contributed by atoms with Crippen LogP contribution < -0.4 is 70.2 Å². The zero-order chi connectivity index (χ0) is 8.08. The molecule has 0 aromatic heterocycles. The first kappa shape index (κ1) is 23.2. The minimum Gasteiger partial charge on any atom is -0.750 e. The third-order valence-electron chi connectivity index (χ3n) is 0. The van der Waals surface area contributed by atoms with Crippen molar-refractivity contribution in [3.8, 4) is 0 Å². The van der Waals surface area contributed by atoms with Crippen LogP contribution in [0, 0.1) is 0 Å². The smallest absolute Gasteiger partial charge is 0.750 e. The fourth-order valence-electron chi connectivity index (χ4n) is 0. The fraction of sp³-hybridized carbons (Fsp3) is 0. The Balaban J connectivity index is -0.0000000383. The molecule has 0 amide bonds. The van der Waals surface area contributed by atoms with Crippen LogP contribution in [0.15, 0.2) is 0 Å². The largest absolute Gasteiger partial charge is 1.00 e. The first-order valence-electron chi connectivity index (χ1n) is 1.20. The number of rotatable bonds is 0. The molecule has 2 N–H and O–H groups in total. The van der Waals surface area contributed by atoms with Gasteiger partial charge >= 0.3 is 70.2 Å². The molecular formula is H2KLiO7S2. The van der Waals surface area contributed by atoms with E-state index in [1.807, 2.05) is 0 Å². The maximum atomic E-state index is 8.63. The summed E-state index contributed by atoms with van der Waals surface area (Å²) in [5.74, 6) is 0. The maximum Gasteiger partial charge on any atom is 1.00 e. The van der Waals surface area contributed by atoms with Crippen molar-refractivity contribution in [3.05, 3.63) is 0 Å². The molecule has 0 saturated heterocycles. The first-order chi connectivity index (χ1) is 3.73. The van der Waals surface area contributed by atoms with E-state index in [0.717, 1.165) is 0 Å². The molecule has 0 aromatic carbocycles. The average Bonchev–Trinajstić information content (AvgIpc) is 1.19. The zero-order valence-corrected chi connectivity index (χ0v) is 10.5. The average molecular weight is 224 g/mol. The summed E-state index contributed by atoms with van der Waals surface area (Å²) in [6.07, 6.45) is 0. The van der Waals surface area contributed by atoms with Crippen molar-refractivity contribution in [1.82, 2.24) is 0 Å². The number of hydrogen-bond acceptors (Lipinski definition) is 5. The van der Waals surface area contributed by atoms with E-state index in [1.54, 1.807) is 0 Å². The zero-order valence-electron chi connectivity index (χ0n) is 5.75. The van der Waals surface area contributed by atoms with Crippen molar-refractivity contribution in [3.63, 3.8) is 0 Å². The molecule has 0 fully saturated rings. The Labute approximate surface area is 121 Å². The molecule has 0 aliphatic rings. The van der Waals surface area contributed by atoms with E-state index >= 15 is 0 Å². The molecule has 58 valence electrons. The van der Waals surface area contributed by atoms with Gasteiger partial charge in [-0.25, -0.2) is 12.6 Å². The summed E-state index contributed by atoms with van der Waals surface area (Å²) in [6, 6.07) is 0. The molecule has 0 spiro atoms. The standard InChI is InChI=1S/K.Li.H2O4S.H2O3S/c;;1-5(2,3)4;1-4(2)3/h;;(H2,1,2,3,4);(H2,1,2,3)/q2*+1;;/p-2. The Kier molecular flexibility index (Phi) is 25.7. The topological polar surface area (TPSA) is 138 Å². The van der Waals surface area contributed by atoms with E-state index in [0.29, 0.717) is 0 Å². The second kappa shape index (κ2) is 12.2. The molecule has 0 heterocycles. The molecule has 0 aromatic rings. The molecule has 0 saturated carbocycles. The van der Waals surface area contributed by atoms with E-state index in [-0.39, 0.29) is 70.2 Å². The van der Waals surface area contributed by atoms with Crippen molar-refractivity contribution >= 4 is 21.8 Å². The van der Waals surface area contributed by atoms with Gasteiger partial charge in [-0.1, -0.05) is 0 Å². The maximum absolute atomic E-state index is 8.63. The van der Waals surface area contributed by atoms with Gasteiger partial charge < -0.3 is 13.7 Å². The van der Waals surface area contributed by atoms with Crippen LogP contribution in [0.25, 0.3) is 0 Å². The van der Waals surface area contributed by atoms with Crippen LogP contribution in [-0.2, 0) is 21.8 Å². The van der Waals surface area contributed by atoms with Gasteiger partial charge in [0.1, 0.15) is 0 Å². The Morgan fingerprint density at radius 1 is 1.36 bits per heavy atom. The molecule has 0 aliphatic heterocycles. The van der Waals surface area contributed by atoms with Gasteiger partial charge in [0.15, 0.2) is 0 Å². The summed E-state index contributed by atoms with van der Waals surface area (Å²) in [6.45, 7) is 0. The predicted octanol–water partition coefficient (Wildman–Crippen LogP) is -7.65. The van der Waals surface area contributed by atoms with Gasteiger partial charge in [-0.2, -0.15) is 0 Å². The molecule has 0 rings (SSSR count). The molecule has 0 radical (unpaired) electrons. The number of hydrogen-bond donors (Lipinski definition) is 2. The van der Waals surface area contributed by atoms with E-state index in [2.05, 4.69) is 0 Å². The summed E-state index contributed by atoms with van der Waals surface area (Å²) in [4.78, 5) is 0. The minimum atomic E-state index is -4.92. The van der Waals surface area contributed by atoms with Crippen LogP contribution in [0.2, 0.25) is 0 Å². The van der Waals surface area contributed by atoms with Gasteiger partial charge in [0.05, 0.1) is 11.4 Å². The van der Waals surface area contributed by atoms with Crippen LogP contribution in [0.5, 0.6) is 0 Å². The minimum absolute atomic E-state index is 0. The van der Waals surface area contributed by atoms with Crippen molar-refractivity contribution < 1.29 is 101 Å². The van der Waals surface area contributed by atoms with Crippen LogP contribution >= 0.6 is 0 Å². The Morgan fingerprint density at radius 3 is 1.36 bits per heavy atom. The monoisotopic (exact) mass is 224 g/mol. The third kappa shape index (κ3) is 267. The van der Waals surface area contributed by atoms with Gasteiger partial charge in [-0.3, -0.25) is 4.55 Å². The molecular weight excluding hydrogens is 222 g/mol. The van der Waals surface area contributed by atoms with Crippen LogP contribution in [0.4, 0.5) is 0 Å². The molecule has 0 aliphatic carbocycles. The van der Waals surface area contributed by atoms with Crippen LogP contribution in [-0.4, -0.2) is 30.8 Å². The Bertz CT molecular complexity index is 159. The summed E-state index contributed by atoms with van der Waals surface area (Å²) in [7, 11) is -4.92. The third-order valence-corrected chi connectivity index (χ3v) is 0. The quantitative estimate of drug-likeness (QED) is 0.180. The van der Waals surface area contributed by atoms with E-state index in [1.165, 1.54) is 0 Å². The van der Waals surface area contributed by atoms with Crippen LogP contribution in [0.1, 0.15) is 0 Å². The molecule has 11 heavy (non-hydrogen) atoms. The van der Waals surface area contributed by atoms with Crippen molar-refractivity contribution in [2.45, 2.75) is 0 Å². The molecule has 11 heteroatoms. The van der Waals surface area contributed by atoms with Crippen molar-refractivity contribution in [2.24, 2.45) is 0 Å². The second-order valence-corrected chi connectivity index (χ2v) is 1.93. The SMILES string of the molecule is O=S(=O)([O-])O.O=S([O-])O.[K+].[Li+]. The van der Waals surface area contributed by atoms with E-state index < -0.39 is 21.8 Å². The predicted molar refractivity (Wildman–Crippen MR) is 23.9 cm³/mol. The summed E-state index contributed by atoms with van der Waals surface area (Å²) < 4.78 is 56.9. The van der Waals surface area contributed by atoms with Gasteiger partial charge in [0.25, 0.3) is 0 Å². The van der Waals surface area contributed by atoms with Gasteiger partial charge in [-0.05, 0) is 0 Å². The summed E-state index contributed by atoms with van der Waals surface area (Å²) in [5, 5.41) is 0. The van der Waals surface area contributed by atoms with Gasteiger partial charge in [0.2, 0.25) is 10.4 Å². The molecule has 0 bridgehead atoms. The normalized spacial score (nSPS) is 10.9. The fourth-order valence-corrected chi connectivity index (χ4v) is 0. The van der Waals surface area contributed by atoms with Crippen LogP contribution in [0.3, 0.4) is 0 Å². The summed E-state index contributed by atoms with van der Waals surface area (Å²) >= 11 is -2.86. The molecule has 1 atom stereocenters. The first-order valence-corrected chi connectivity index (χ1v) is 3.60. The van der Waals surface area contributed by atoms with Gasteiger partial charge in [0, 0.05) is 0 Å². The molecule has 7 nitrogen and oxygen atoms in total. The Hall–Kier alpha value is 2.17. The van der Waals surface area contributed by atoms with E-state index in [4.69, 9.17) is 30.8 Å². The molecule has 1 unspecified atom stereocenters. The second-order valence-electron chi connectivity index (χ2n) is 0.645. The van der Waals surface area contributed by atoms with Gasteiger partial charge in [-0.15, -0.1) is 0 Å². The van der Waals surface area contributed by atoms with Crippen molar-refractivity contribution in [2.75, 3.05) is 0 Å². The Morgan fingerprint density at radius 2 is 1.36 bits per heavy atom.